The van der Waals surface area contributed by atoms with Crippen molar-refractivity contribution in [3.63, 3.8) is 0 Å². The van der Waals surface area contributed by atoms with Crippen LogP contribution in [-0.4, -0.2) is 23.6 Å². The van der Waals surface area contributed by atoms with Gasteiger partial charge in [0.25, 0.3) is 0 Å². The van der Waals surface area contributed by atoms with Crippen molar-refractivity contribution < 1.29 is 9.13 Å². The second-order valence-electron chi connectivity index (χ2n) is 4.74. The fourth-order valence-electron chi connectivity index (χ4n) is 2.89. The summed E-state index contributed by atoms with van der Waals surface area (Å²) < 4.78 is 19.9. The molecule has 2 N–H and O–H groups in total. The van der Waals surface area contributed by atoms with E-state index in [1.54, 1.807) is 12.1 Å². The van der Waals surface area contributed by atoms with Gasteiger partial charge in [0.1, 0.15) is 11.4 Å². The molecule has 0 radical (unpaired) electrons. The topological polar surface area (TPSA) is 47.6 Å². The Morgan fingerprint density at radius 1 is 1.50 bits per heavy atom. The molecule has 5 heteroatoms. The van der Waals surface area contributed by atoms with Crippen LogP contribution in [0.3, 0.4) is 0 Å². The van der Waals surface area contributed by atoms with E-state index in [1.807, 2.05) is 13.0 Å². The number of rotatable bonds is 1. The van der Waals surface area contributed by atoms with Crippen molar-refractivity contribution in [2.24, 2.45) is 16.6 Å². The van der Waals surface area contributed by atoms with E-state index in [2.05, 4.69) is 4.99 Å². The quantitative estimate of drug-likeness (QED) is 0.847. The van der Waals surface area contributed by atoms with Crippen LogP contribution < -0.4 is 5.73 Å². The molecule has 0 aromatic heterocycles. The van der Waals surface area contributed by atoms with Crippen molar-refractivity contribution in [2.45, 2.75) is 18.6 Å². The second kappa shape index (κ2) is 4.24. The molecule has 3 atom stereocenters. The summed E-state index contributed by atoms with van der Waals surface area (Å²) in [6.45, 7) is 2.55. The predicted molar refractivity (Wildman–Crippen MR) is 71.1 cm³/mol. The van der Waals surface area contributed by atoms with Crippen molar-refractivity contribution in [3.05, 3.63) is 35.6 Å². The number of thioether (sulfide) groups is 1. The van der Waals surface area contributed by atoms with Crippen LogP contribution in [0.5, 0.6) is 0 Å². The third-order valence-corrected chi connectivity index (χ3v) is 4.78. The molecule has 1 aromatic carbocycles. The number of halogens is 1. The van der Waals surface area contributed by atoms with E-state index < -0.39 is 5.54 Å². The maximum atomic E-state index is 14.1. The normalized spacial score (nSPS) is 35.1. The Bertz CT molecular complexity index is 508. The van der Waals surface area contributed by atoms with Gasteiger partial charge in [-0.3, -0.25) is 0 Å². The first kappa shape index (κ1) is 12.0. The largest absolute Gasteiger partial charge is 0.379 e. The molecular weight excluding hydrogens is 251 g/mol. The van der Waals surface area contributed by atoms with Gasteiger partial charge in [0.15, 0.2) is 5.17 Å². The van der Waals surface area contributed by atoms with E-state index in [4.69, 9.17) is 10.5 Å². The van der Waals surface area contributed by atoms with Crippen LogP contribution in [-0.2, 0) is 10.3 Å². The molecule has 0 saturated carbocycles. The summed E-state index contributed by atoms with van der Waals surface area (Å²) in [5.74, 6) is 0.776. The van der Waals surface area contributed by atoms with Crippen LogP contribution in [0.15, 0.2) is 29.3 Å². The lowest BCUT2D eigenvalue weighted by atomic mass is 9.77. The zero-order valence-corrected chi connectivity index (χ0v) is 10.9. The molecule has 0 unspecified atom stereocenters. The molecule has 1 saturated heterocycles. The standard InChI is InChI=1S/C13H15FN2OS/c1-8-13(10-4-2-3-5-11(10)14)9(6-17-8)7-18-12(15)16-13/h2-5,8-9H,6-7H2,1H3,(H2,15,16)/t8-,9-,13-/m0/s1. The van der Waals surface area contributed by atoms with E-state index in [0.29, 0.717) is 17.3 Å². The maximum Gasteiger partial charge on any atom is 0.154 e. The number of nitrogens with two attached hydrogens (primary N) is 1. The number of ether oxygens (including phenoxy) is 1. The molecule has 2 heterocycles. The Hall–Kier alpha value is -1.07. The Labute approximate surface area is 110 Å². The number of fused-ring (bicyclic) bond motifs is 1. The van der Waals surface area contributed by atoms with Gasteiger partial charge in [-0.05, 0) is 13.0 Å². The summed E-state index contributed by atoms with van der Waals surface area (Å²) >= 11 is 1.52. The third-order valence-electron chi connectivity index (χ3n) is 3.82. The minimum absolute atomic E-state index is 0.154. The number of hydrogen-bond donors (Lipinski definition) is 1. The monoisotopic (exact) mass is 266 g/mol. The lowest BCUT2D eigenvalue weighted by Gasteiger charge is -2.37. The fraction of sp³-hybridized carbons (Fsp3) is 0.462. The van der Waals surface area contributed by atoms with Crippen LogP contribution in [0.25, 0.3) is 0 Å². The molecule has 3 rings (SSSR count). The fourth-order valence-corrected chi connectivity index (χ4v) is 3.83. The van der Waals surface area contributed by atoms with Gasteiger partial charge >= 0.3 is 0 Å². The highest BCUT2D eigenvalue weighted by Crippen LogP contribution is 2.48. The molecule has 0 bridgehead atoms. The number of hydrogen-bond acceptors (Lipinski definition) is 4. The number of nitrogens with zero attached hydrogens (tertiary/aromatic N) is 1. The lowest BCUT2D eigenvalue weighted by Crippen LogP contribution is -2.44. The molecule has 1 aromatic rings. The molecule has 96 valence electrons. The average molecular weight is 266 g/mol. The Kier molecular flexibility index (Phi) is 2.83. The van der Waals surface area contributed by atoms with E-state index in [0.717, 1.165) is 5.75 Å². The summed E-state index contributed by atoms with van der Waals surface area (Å²) in [6, 6.07) is 6.79. The Balaban J connectivity index is 2.20. The Morgan fingerprint density at radius 3 is 3.06 bits per heavy atom. The highest BCUT2D eigenvalue weighted by atomic mass is 32.2. The van der Waals surface area contributed by atoms with E-state index in [-0.39, 0.29) is 17.8 Å². The van der Waals surface area contributed by atoms with Crippen LogP contribution in [0.1, 0.15) is 12.5 Å². The maximum absolute atomic E-state index is 14.1. The zero-order chi connectivity index (χ0) is 12.8. The average Bonchev–Trinajstić information content (AvgIpc) is 2.68. The van der Waals surface area contributed by atoms with Gasteiger partial charge in [-0.1, -0.05) is 30.0 Å². The molecule has 3 nitrogen and oxygen atoms in total. The molecule has 0 amide bonds. The van der Waals surface area contributed by atoms with Crippen LogP contribution in [0.4, 0.5) is 4.39 Å². The van der Waals surface area contributed by atoms with Gasteiger partial charge < -0.3 is 10.5 Å². The summed E-state index contributed by atoms with van der Waals surface area (Å²) in [6.07, 6.45) is -0.154. The molecule has 18 heavy (non-hydrogen) atoms. The predicted octanol–water partition coefficient (Wildman–Crippen LogP) is 2.12. The van der Waals surface area contributed by atoms with Crippen molar-refractivity contribution in [3.8, 4) is 0 Å². The molecular formula is C13H15FN2OS. The molecule has 0 spiro atoms. The number of benzene rings is 1. The second-order valence-corrected chi connectivity index (χ2v) is 5.78. The minimum atomic E-state index is -0.652. The molecule has 0 aliphatic carbocycles. The van der Waals surface area contributed by atoms with Gasteiger partial charge in [0.2, 0.25) is 0 Å². The van der Waals surface area contributed by atoms with Gasteiger partial charge in [0, 0.05) is 17.2 Å². The SMILES string of the molecule is C[C@@H]1OC[C@H]2CSC(N)=N[C@]21c1ccccc1F. The zero-order valence-electron chi connectivity index (χ0n) is 10.1. The minimum Gasteiger partial charge on any atom is -0.379 e. The van der Waals surface area contributed by atoms with Crippen LogP contribution in [0.2, 0.25) is 0 Å². The van der Waals surface area contributed by atoms with Gasteiger partial charge in [0.05, 0.1) is 12.7 Å². The van der Waals surface area contributed by atoms with E-state index in [9.17, 15) is 4.39 Å². The number of aliphatic imine (C=N–C) groups is 1. The van der Waals surface area contributed by atoms with Crippen molar-refractivity contribution in [2.75, 3.05) is 12.4 Å². The third kappa shape index (κ3) is 1.57. The molecule has 1 fully saturated rings. The highest BCUT2D eigenvalue weighted by molar-refractivity contribution is 8.13. The first-order valence-electron chi connectivity index (χ1n) is 5.99. The highest BCUT2D eigenvalue weighted by Gasteiger charge is 2.53. The molecule has 2 aliphatic rings. The van der Waals surface area contributed by atoms with Crippen LogP contribution >= 0.6 is 11.8 Å². The van der Waals surface area contributed by atoms with E-state index >= 15 is 0 Å². The van der Waals surface area contributed by atoms with Crippen LogP contribution in [0, 0.1) is 11.7 Å². The Morgan fingerprint density at radius 2 is 2.28 bits per heavy atom. The first-order chi connectivity index (χ1) is 8.64. The first-order valence-corrected chi connectivity index (χ1v) is 6.98. The summed E-state index contributed by atoms with van der Waals surface area (Å²) in [7, 11) is 0. The number of amidine groups is 1. The summed E-state index contributed by atoms with van der Waals surface area (Å²) in [5.41, 5.74) is 5.81. The van der Waals surface area contributed by atoms with Crippen molar-refractivity contribution in [1.82, 2.24) is 0 Å². The molecule has 2 aliphatic heterocycles. The van der Waals surface area contributed by atoms with E-state index in [1.165, 1.54) is 17.8 Å². The summed E-state index contributed by atoms with van der Waals surface area (Å²) in [4.78, 5) is 4.58. The van der Waals surface area contributed by atoms with Crippen molar-refractivity contribution in [1.29, 1.82) is 0 Å². The van der Waals surface area contributed by atoms with Crippen molar-refractivity contribution >= 4 is 16.9 Å². The van der Waals surface area contributed by atoms with Gasteiger partial charge in [-0.15, -0.1) is 0 Å². The van der Waals surface area contributed by atoms with Gasteiger partial charge in [-0.2, -0.15) is 0 Å². The smallest absolute Gasteiger partial charge is 0.154 e. The lowest BCUT2D eigenvalue weighted by molar-refractivity contribution is 0.0948. The summed E-state index contributed by atoms with van der Waals surface area (Å²) in [5, 5.41) is 0.520. The van der Waals surface area contributed by atoms with Gasteiger partial charge in [-0.25, -0.2) is 9.38 Å².